The molecule has 0 saturated heterocycles. The van der Waals surface area contributed by atoms with Gasteiger partial charge in [-0.05, 0) is 104 Å². The maximum absolute atomic E-state index is 13.6. The molecule has 2 N–H and O–H groups in total. The number of nitrogens with one attached hydrogen (secondary N) is 1. The molecule has 0 unspecified atom stereocenters. The van der Waals surface area contributed by atoms with Crippen LogP contribution in [0.4, 0.5) is 5.69 Å². The van der Waals surface area contributed by atoms with Crippen molar-refractivity contribution in [2.45, 2.75) is 88.4 Å². The number of halogens is 1. The zero-order valence-corrected chi connectivity index (χ0v) is 27.4. The van der Waals surface area contributed by atoms with Crippen LogP contribution in [-0.4, -0.2) is 50.5 Å². The molecule has 6 atom stereocenters. The second kappa shape index (κ2) is 12.7. The molecule has 4 aliphatic rings. The van der Waals surface area contributed by atoms with Gasteiger partial charge in [-0.15, -0.1) is 0 Å². The molecule has 1 saturated carbocycles. The van der Waals surface area contributed by atoms with Crippen LogP contribution in [0.25, 0.3) is 0 Å². The second-order valence-electron chi connectivity index (χ2n) is 13.6. The minimum Gasteiger partial charge on any atom is -0.490 e. The number of carbonyl (C=O) groups excluding carboxylic acids is 1. The highest BCUT2D eigenvalue weighted by atomic mass is 35.5. The molecule has 7 nitrogen and oxygen atoms in total. The van der Waals surface area contributed by atoms with Crippen molar-refractivity contribution < 1.29 is 23.1 Å². The zero-order chi connectivity index (χ0) is 31.1. The third-order valence-corrected chi connectivity index (χ3v) is 12.8. The molecule has 2 heterocycles. The number of allylic oxidation sites excluding steroid dienone is 1. The summed E-state index contributed by atoms with van der Waals surface area (Å²) in [6.45, 7) is 5.87. The summed E-state index contributed by atoms with van der Waals surface area (Å²) in [4.78, 5) is 15.9. The molecule has 44 heavy (non-hydrogen) atoms. The SMILES string of the molecule is CCCC[C@H]1[C@@H](C)C/C=C\[C@H](O)[C@@H]2CC[C@H]2CN2C[C@@]3(CCCc4cc(Cl)ccc43)COc3ccc(cc32)C(=O)NS1(=O)=O. The van der Waals surface area contributed by atoms with Gasteiger partial charge in [0.05, 0.1) is 23.6 Å². The van der Waals surface area contributed by atoms with Crippen molar-refractivity contribution in [1.29, 1.82) is 0 Å². The van der Waals surface area contributed by atoms with Crippen molar-refractivity contribution in [3.05, 3.63) is 70.3 Å². The molecule has 9 heteroatoms. The van der Waals surface area contributed by atoms with Crippen LogP contribution >= 0.6 is 11.6 Å². The molecular weight excluding hydrogens is 596 g/mol. The Bertz CT molecular complexity index is 1530. The number of hydrogen-bond donors (Lipinski definition) is 2. The Morgan fingerprint density at radius 2 is 2.02 bits per heavy atom. The summed E-state index contributed by atoms with van der Waals surface area (Å²) in [5.41, 5.74) is 3.35. The standard InChI is InChI=1S/C35H45ClN2O5S/c1-3-4-10-33-23(2)7-5-9-31(39)28-14-11-26(28)20-38-21-35(17-6-8-24-18-27(36)13-15-29(24)35)22-43-32-16-12-25(19-30(32)38)34(40)37-44(33,41)42/h5,9,12-13,15-16,18-19,23,26,28,31,33,39H,3-4,6-8,10-11,14,17,20-22H2,1-2H3,(H,37,40)/b9-5-/t23-,26-,28+,31-,33-,35-/m0/s1. The lowest BCUT2D eigenvalue weighted by molar-refractivity contribution is 0.0455. The quantitative estimate of drug-likeness (QED) is 0.376. The number of sulfonamides is 1. The lowest BCUT2D eigenvalue weighted by atomic mass is 9.68. The van der Waals surface area contributed by atoms with Gasteiger partial charge < -0.3 is 14.7 Å². The highest BCUT2D eigenvalue weighted by molar-refractivity contribution is 7.90. The number of fused-ring (bicyclic) bond motifs is 4. The number of aryl methyl sites for hydroxylation is 1. The van der Waals surface area contributed by atoms with Gasteiger partial charge >= 0.3 is 0 Å². The van der Waals surface area contributed by atoms with E-state index in [2.05, 4.69) is 21.8 Å². The molecule has 0 radical (unpaired) electrons. The average Bonchev–Trinajstić information content (AvgIpc) is 3.11. The van der Waals surface area contributed by atoms with Crippen molar-refractivity contribution in [3.63, 3.8) is 0 Å². The molecule has 1 spiro atoms. The van der Waals surface area contributed by atoms with E-state index in [0.717, 1.165) is 62.2 Å². The first-order valence-corrected chi connectivity index (χ1v) is 18.2. The number of ether oxygens (including phenoxy) is 1. The van der Waals surface area contributed by atoms with Crippen molar-refractivity contribution in [2.24, 2.45) is 17.8 Å². The summed E-state index contributed by atoms with van der Waals surface area (Å²) in [5, 5.41) is 11.3. The van der Waals surface area contributed by atoms with Crippen LogP contribution in [0.15, 0.2) is 48.6 Å². The number of unbranched alkanes of at least 4 members (excludes halogenated alkanes) is 1. The van der Waals surface area contributed by atoms with E-state index in [0.29, 0.717) is 37.3 Å². The molecule has 0 aromatic heterocycles. The highest BCUT2D eigenvalue weighted by Gasteiger charge is 2.44. The topological polar surface area (TPSA) is 95.9 Å². The molecular formula is C35H45ClN2O5S. The van der Waals surface area contributed by atoms with Crippen LogP contribution in [0, 0.1) is 17.8 Å². The molecule has 2 aliphatic carbocycles. The Hall–Kier alpha value is -2.55. The van der Waals surface area contributed by atoms with Crippen molar-refractivity contribution >= 4 is 33.2 Å². The van der Waals surface area contributed by atoms with Gasteiger partial charge in [0.1, 0.15) is 5.75 Å². The van der Waals surface area contributed by atoms with Gasteiger partial charge in [0.15, 0.2) is 0 Å². The minimum absolute atomic E-state index is 0.126. The first kappa shape index (κ1) is 31.4. The first-order chi connectivity index (χ1) is 21.1. The Kier molecular flexibility index (Phi) is 9.06. The Morgan fingerprint density at radius 1 is 1.18 bits per heavy atom. The van der Waals surface area contributed by atoms with E-state index in [1.807, 2.05) is 38.1 Å². The number of rotatable bonds is 3. The van der Waals surface area contributed by atoms with Gasteiger partial charge in [-0.25, -0.2) is 13.1 Å². The maximum Gasteiger partial charge on any atom is 0.264 e. The van der Waals surface area contributed by atoms with Gasteiger partial charge in [-0.1, -0.05) is 56.5 Å². The van der Waals surface area contributed by atoms with E-state index in [1.165, 1.54) is 11.1 Å². The number of aliphatic hydroxyl groups is 1. The number of amides is 1. The van der Waals surface area contributed by atoms with E-state index in [1.54, 1.807) is 12.1 Å². The second-order valence-corrected chi connectivity index (χ2v) is 15.9. The molecule has 2 bridgehead atoms. The summed E-state index contributed by atoms with van der Waals surface area (Å²) >= 11 is 6.40. The van der Waals surface area contributed by atoms with E-state index >= 15 is 0 Å². The Labute approximate surface area is 267 Å². The number of nitrogens with zero attached hydrogens (tertiary/aromatic N) is 1. The fraction of sp³-hybridized carbons (Fsp3) is 0.571. The maximum atomic E-state index is 13.6. The van der Waals surface area contributed by atoms with E-state index in [-0.39, 0.29) is 23.2 Å². The van der Waals surface area contributed by atoms with Crippen LogP contribution in [0.5, 0.6) is 5.75 Å². The smallest absolute Gasteiger partial charge is 0.264 e. The van der Waals surface area contributed by atoms with Crippen LogP contribution < -0.4 is 14.4 Å². The zero-order valence-electron chi connectivity index (χ0n) is 25.8. The molecule has 2 aromatic rings. The van der Waals surface area contributed by atoms with Crippen molar-refractivity contribution in [3.8, 4) is 5.75 Å². The third kappa shape index (κ3) is 6.14. The summed E-state index contributed by atoms with van der Waals surface area (Å²) in [6, 6.07) is 11.5. The number of aliphatic hydroxyl groups excluding tert-OH is 1. The summed E-state index contributed by atoms with van der Waals surface area (Å²) in [6.07, 6.45) is 10.8. The van der Waals surface area contributed by atoms with Crippen LogP contribution in [0.3, 0.4) is 0 Å². The molecule has 2 aliphatic heterocycles. The fourth-order valence-electron chi connectivity index (χ4n) is 7.95. The monoisotopic (exact) mass is 640 g/mol. The van der Waals surface area contributed by atoms with E-state index in [9.17, 15) is 18.3 Å². The van der Waals surface area contributed by atoms with Crippen molar-refractivity contribution in [1.82, 2.24) is 4.72 Å². The fourth-order valence-corrected chi connectivity index (χ4v) is 9.87. The summed E-state index contributed by atoms with van der Waals surface area (Å²) in [5.74, 6) is 0.278. The average molecular weight is 641 g/mol. The largest absolute Gasteiger partial charge is 0.490 e. The van der Waals surface area contributed by atoms with Gasteiger partial charge in [-0.2, -0.15) is 0 Å². The van der Waals surface area contributed by atoms with Crippen molar-refractivity contribution in [2.75, 3.05) is 24.6 Å². The third-order valence-electron chi connectivity index (χ3n) is 10.6. The number of anilines is 1. The van der Waals surface area contributed by atoms with Crippen LogP contribution in [-0.2, 0) is 21.9 Å². The van der Waals surface area contributed by atoms with Crippen LogP contribution in [0.1, 0.15) is 86.7 Å². The minimum atomic E-state index is -3.94. The number of hydrogen-bond acceptors (Lipinski definition) is 6. The lowest BCUT2D eigenvalue weighted by Gasteiger charge is -2.45. The predicted octanol–water partition coefficient (Wildman–Crippen LogP) is 6.41. The lowest BCUT2D eigenvalue weighted by Crippen LogP contribution is -2.49. The van der Waals surface area contributed by atoms with Gasteiger partial charge in [0.2, 0.25) is 10.0 Å². The predicted molar refractivity (Wildman–Crippen MR) is 175 cm³/mol. The van der Waals surface area contributed by atoms with E-state index in [4.69, 9.17) is 16.3 Å². The Balaban J connectivity index is 1.41. The van der Waals surface area contributed by atoms with Gasteiger partial charge in [0.25, 0.3) is 5.91 Å². The van der Waals surface area contributed by atoms with Gasteiger partial charge in [-0.3, -0.25) is 4.79 Å². The number of carbonyl (C=O) groups is 1. The molecule has 2 aromatic carbocycles. The molecule has 1 amide bonds. The molecule has 238 valence electrons. The summed E-state index contributed by atoms with van der Waals surface area (Å²) < 4.78 is 36.2. The van der Waals surface area contributed by atoms with Gasteiger partial charge in [0, 0.05) is 29.1 Å². The van der Waals surface area contributed by atoms with Crippen LogP contribution in [0.2, 0.25) is 5.02 Å². The highest BCUT2D eigenvalue weighted by Crippen LogP contribution is 2.46. The normalized spacial score (nSPS) is 32.3. The number of benzene rings is 2. The van der Waals surface area contributed by atoms with E-state index < -0.39 is 27.3 Å². The molecule has 6 rings (SSSR count). The Morgan fingerprint density at radius 3 is 2.80 bits per heavy atom. The summed E-state index contributed by atoms with van der Waals surface area (Å²) in [7, 11) is -3.94. The first-order valence-electron chi connectivity index (χ1n) is 16.3. The molecule has 1 fully saturated rings.